The van der Waals surface area contributed by atoms with Gasteiger partial charge >= 0.3 is 0 Å². The van der Waals surface area contributed by atoms with Crippen molar-refractivity contribution in [2.45, 2.75) is 51.6 Å². The zero-order valence-electron chi connectivity index (χ0n) is 13.0. The lowest BCUT2D eigenvalue weighted by atomic mass is 9.96. The van der Waals surface area contributed by atoms with Crippen molar-refractivity contribution in [1.82, 2.24) is 14.5 Å². The first-order valence-corrected chi connectivity index (χ1v) is 7.77. The highest BCUT2D eigenvalue weighted by atomic mass is 16.2. The highest BCUT2D eigenvalue weighted by molar-refractivity contribution is 5.82. The molecule has 1 aliphatic heterocycles. The Balaban J connectivity index is 1.79. The summed E-state index contributed by atoms with van der Waals surface area (Å²) in [4.78, 5) is 19.1. The minimum Gasteiger partial charge on any atom is -0.337 e. The molecule has 4 heteroatoms. The number of carbonyl (C=O) groups excluding carboxylic acids is 1. The third-order valence-corrected chi connectivity index (χ3v) is 4.63. The number of amides is 1. The Morgan fingerprint density at radius 2 is 2.00 bits per heavy atom. The molecule has 4 nitrogen and oxygen atoms in total. The van der Waals surface area contributed by atoms with Crippen molar-refractivity contribution in [2.75, 3.05) is 0 Å². The number of aryl methyl sites for hydroxylation is 1. The second kappa shape index (κ2) is 5.51. The van der Waals surface area contributed by atoms with Gasteiger partial charge < -0.3 is 9.47 Å². The predicted molar refractivity (Wildman–Crippen MR) is 84.0 cm³/mol. The topological polar surface area (TPSA) is 38.1 Å². The van der Waals surface area contributed by atoms with Crippen LogP contribution in [0.25, 0.3) is 11.0 Å². The van der Waals surface area contributed by atoms with E-state index >= 15 is 0 Å². The van der Waals surface area contributed by atoms with Crippen molar-refractivity contribution in [2.24, 2.45) is 7.05 Å². The van der Waals surface area contributed by atoms with Crippen LogP contribution in [-0.4, -0.2) is 32.4 Å². The van der Waals surface area contributed by atoms with E-state index in [1.165, 1.54) is 6.42 Å². The molecule has 1 aromatic heterocycles. The summed E-state index contributed by atoms with van der Waals surface area (Å²) in [5.41, 5.74) is 3.12. The molecule has 2 heterocycles. The van der Waals surface area contributed by atoms with Crippen molar-refractivity contribution in [3.05, 3.63) is 30.1 Å². The van der Waals surface area contributed by atoms with Gasteiger partial charge in [-0.3, -0.25) is 4.79 Å². The zero-order valence-corrected chi connectivity index (χ0v) is 13.0. The van der Waals surface area contributed by atoms with Crippen LogP contribution in [0, 0.1) is 0 Å². The Bertz CT molecular complexity index is 651. The fourth-order valence-corrected chi connectivity index (χ4v) is 3.47. The van der Waals surface area contributed by atoms with Crippen LogP contribution in [0.2, 0.25) is 0 Å². The van der Waals surface area contributed by atoms with E-state index in [1.807, 2.05) is 36.1 Å². The number of aromatic nitrogens is 2. The Kier molecular flexibility index (Phi) is 3.70. The van der Waals surface area contributed by atoms with Crippen LogP contribution in [-0.2, 0) is 18.3 Å². The van der Waals surface area contributed by atoms with Gasteiger partial charge in [0.15, 0.2) is 0 Å². The van der Waals surface area contributed by atoms with Gasteiger partial charge in [0, 0.05) is 19.1 Å². The molecule has 2 atom stereocenters. The molecular weight excluding hydrogens is 262 g/mol. The molecular formula is C17H23N3O. The molecule has 0 saturated carbocycles. The second-order valence-corrected chi connectivity index (χ2v) is 6.29. The Labute approximate surface area is 125 Å². The number of rotatable bonds is 2. The number of hydrogen-bond donors (Lipinski definition) is 0. The largest absolute Gasteiger partial charge is 0.337 e. The fraction of sp³-hybridized carbons (Fsp3) is 0.529. The van der Waals surface area contributed by atoms with Crippen LogP contribution in [0.5, 0.6) is 0 Å². The van der Waals surface area contributed by atoms with E-state index in [1.54, 1.807) is 0 Å². The molecule has 1 aromatic carbocycles. The lowest BCUT2D eigenvalue weighted by Crippen LogP contribution is -2.48. The number of benzene rings is 1. The van der Waals surface area contributed by atoms with Crippen molar-refractivity contribution >= 4 is 16.9 Å². The molecule has 3 rings (SSSR count). The maximum Gasteiger partial charge on any atom is 0.227 e. The van der Waals surface area contributed by atoms with Gasteiger partial charge in [0.2, 0.25) is 5.91 Å². The molecule has 0 spiro atoms. The zero-order chi connectivity index (χ0) is 15.0. The van der Waals surface area contributed by atoms with E-state index < -0.39 is 0 Å². The smallest absolute Gasteiger partial charge is 0.227 e. The number of fused-ring (bicyclic) bond motifs is 1. The Hall–Kier alpha value is -1.84. The summed E-state index contributed by atoms with van der Waals surface area (Å²) in [5.74, 6) is 0.241. The van der Waals surface area contributed by atoms with Gasteiger partial charge in [-0.2, -0.15) is 0 Å². The molecule has 0 aliphatic carbocycles. The summed E-state index contributed by atoms with van der Waals surface area (Å²) < 4.78 is 2.00. The summed E-state index contributed by atoms with van der Waals surface area (Å²) in [7, 11) is 1.98. The van der Waals surface area contributed by atoms with Crippen LogP contribution in [0.4, 0.5) is 0 Å². The average Bonchev–Trinajstić information content (AvgIpc) is 2.80. The van der Waals surface area contributed by atoms with E-state index in [0.29, 0.717) is 18.5 Å². The molecule has 1 aliphatic rings. The van der Waals surface area contributed by atoms with E-state index in [-0.39, 0.29) is 5.91 Å². The normalized spacial score (nSPS) is 22.7. The summed E-state index contributed by atoms with van der Waals surface area (Å²) in [6, 6.07) is 6.85. The highest BCUT2D eigenvalue weighted by Gasteiger charge is 2.28. The molecule has 1 saturated heterocycles. The van der Waals surface area contributed by atoms with Gasteiger partial charge in [-0.05, 0) is 50.8 Å². The molecule has 1 fully saturated rings. The van der Waals surface area contributed by atoms with Crippen LogP contribution in [0.1, 0.15) is 38.7 Å². The Morgan fingerprint density at radius 3 is 2.71 bits per heavy atom. The third kappa shape index (κ3) is 2.67. The standard InChI is InChI=1S/C17H23N3O/c1-12-5-4-6-13(2)20(12)17(21)10-14-7-8-16-15(9-14)18-11-19(16)3/h7-9,11-13H,4-6,10H2,1-3H3. The SMILES string of the molecule is CC1CCCC(C)N1C(=O)Cc1ccc2c(c1)ncn2C. The lowest BCUT2D eigenvalue weighted by Gasteiger charge is -2.39. The van der Waals surface area contributed by atoms with Gasteiger partial charge in [0.1, 0.15) is 0 Å². The highest BCUT2D eigenvalue weighted by Crippen LogP contribution is 2.24. The van der Waals surface area contributed by atoms with Gasteiger partial charge in [0.25, 0.3) is 0 Å². The molecule has 21 heavy (non-hydrogen) atoms. The molecule has 0 bridgehead atoms. The van der Waals surface area contributed by atoms with Crippen molar-refractivity contribution in [3.8, 4) is 0 Å². The van der Waals surface area contributed by atoms with Gasteiger partial charge in [0.05, 0.1) is 23.8 Å². The number of piperidine rings is 1. The maximum absolute atomic E-state index is 12.6. The number of nitrogens with zero attached hydrogens (tertiary/aromatic N) is 3. The van der Waals surface area contributed by atoms with Crippen LogP contribution >= 0.6 is 0 Å². The average molecular weight is 285 g/mol. The number of carbonyl (C=O) groups is 1. The van der Waals surface area contributed by atoms with Crippen molar-refractivity contribution in [1.29, 1.82) is 0 Å². The van der Waals surface area contributed by atoms with Gasteiger partial charge in [-0.15, -0.1) is 0 Å². The third-order valence-electron chi connectivity index (χ3n) is 4.63. The Morgan fingerprint density at radius 1 is 1.29 bits per heavy atom. The summed E-state index contributed by atoms with van der Waals surface area (Å²) >= 11 is 0. The van der Waals surface area contributed by atoms with Gasteiger partial charge in [-0.25, -0.2) is 4.98 Å². The minimum absolute atomic E-state index is 0.241. The van der Waals surface area contributed by atoms with Gasteiger partial charge in [-0.1, -0.05) is 6.07 Å². The van der Waals surface area contributed by atoms with E-state index in [2.05, 4.69) is 23.7 Å². The number of imidazole rings is 1. The number of hydrogen-bond acceptors (Lipinski definition) is 2. The van der Waals surface area contributed by atoms with Crippen molar-refractivity contribution < 1.29 is 4.79 Å². The van der Waals surface area contributed by atoms with E-state index in [0.717, 1.165) is 29.4 Å². The monoisotopic (exact) mass is 285 g/mol. The first-order valence-electron chi connectivity index (χ1n) is 7.77. The first-order chi connectivity index (χ1) is 10.1. The van der Waals surface area contributed by atoms with E-state index in [4.69, 9.17) is 0 Å². The van der Waals surface area contributed by atoms with Crippen LogP contribution in [0.3, 0.4) is 0 Å². The van der Waals surface area contributed by atoms with Crippen LogP contribution < -0.4 is 0 Å². The summed E-state index contributed by atoms with van der Waals surface area (Å²) in [5, 5.41) is 0. The first kappa shape index (κ1) is 14.1. The lowest BCUT2D eigenvalue weighted by molar-refractivity contribution is -0.136. The molecule has 2 aromatic rings. The summed E-state index contributed by atoms with van der Waals surface area (Å²) in [6.07, 6.45) is 5.75. The quantitative estimate of drug-likeness (QED) is 0.851. The van der Waals surface area contributed by atoms with E-state index in [9.17, 15) is 4.79 Å². The van der Waals surface area contributed by atoms with Crippen molar-refractivity contribution in [3.63, 3.8) is 0 Å². The summed E-state index contributed by atoms with van der Waals surface area (Å²) in [6.45, 7) is 4.32. The molecule has 112 valence electrons. The molecule has 1 amide bonds. The maximum atomic E-state index is 12.6. The minimum atomic E-state index is 0.241. The van der Waals surface area contributed by atoms with Crippen LogP contribution in [0.15, 0.2) is 24.5 Å². The molecule has 2 unspecified atom stereocenters. The molecule has 0 N–H and O–H groups in total. The number of likely N-dealkylation sites (tertiary alicyclic amines) is 1. The fourth-order valence-electron chi connectivity index (χ4n) is 3.47. The second-order valence-electron chi connectivity index (χ2n) is 6.29. The molecule has 0 radical (unpaired) electrons. The predicted octanol–water partition coefficient (Wildman–Crippen LogP) is 2.91.